The van der Waals surface area contributed by atoms with Crippen molar-refractivity contribution >= 4 is 53.0 Å². The fraction of sp³-hybridized carbons (Fsp3) is 0.0500. The van der Waals surface area contributed by atoms with E-state index in [2.05, 4.69) is 0 Å². The molecule has 191 valence electrons. The first-order valence-corrected chi connectivity index (χ1v) is 13.6. The first kappa shape index (κ1) is 37.2. The van der Waals surface area contributed by atoms with E-state index >= 15 is 0 Å². The van der Waals surface area contributed by atoms with Gasteiger partial charge in [-0.25, -0.2) is 25.3 Å². The number of allylic oxidation sites excluding steroid dienone is 5. The molecule has 2 aromatic carbocycles. The van der Waals surface area contributed by atoms with Crippen LogP contribution in [0.2, 0.25) is 0 Å². The van der Waals surface area contributed by atoms with Gasteiger partial charge in [-0.2, -0.15) is 0 Å². The summed E-state index contributed by atoms with van der Waals surface area (Å²) in [5.41, 5.74) is 10.3. The average molecular weight is 636 g/mol. The third-order valence-corrected chi connectivity index (χ3v) is 7.71. The zero-order chi connectivity index (χ0) is 26.5. The van der Waals surface area contributed by atoms with Gasteiger partial charge in [0.05, 0.1) is 15.5 Å². The van der Waals surface area contributed by atoms with E-state index in [4.69, 9.17) is 16.9 Å². The van der Waals surface area contributed by atoms with E-state index in [9.17, 15) is 38.9 Å². The van der Waals surface area contributed by atoms with Gasteiger partial charge in [0.25, 0.3) is 0 Å². The minimum absolute atomic E-state index is 0. The van der Waals surface area contributed by atoms with Crippen molar-refractivity contribution in [2.75, 3.05) is 11.5 Å². The van der Waals surface area contributed by atoms with E-state index in [1.165, 1.54) is 25.1 Å². The van der Waals surface area contributed by atoms with Crippen LogP contribution in [-0.2, 0) is 48.9 Å². The second-order valence-corrected chi connectivity index (χ2v) is 11.5. The normalized spacial score (nSPS) is 14.9. The third kappa shape index (κ3) is 8.14. The largest absolute Gasteiger partial charge is 1.00 e. The molecule has 0 atom stereocenters. The Hall–Kier alpha value is -0.756. The fourth-order valence-corrected chi connectivity index (χ4v) is 5.39. The van der Waals surface area contributed by atoms with E-state index in [1.807, 2.05) is 0 Å². The van der Waals surface area contributed by atoms with Gasteiger partial charge in [-0.3, -0.25) is 5.41 Å². The van der Waals surface area contributed by atoms with Crippen molar-refractivity contribution in [3.05, 3.63) is 75.7 Å². The number of hydrogen-bond donors (Lipinski definition) is 3. The van der Waals surface area contributed by atoms with Gasteiger partial charge in [0, 0.05) is 30.3 Å². The van der Waals surface area contributed by atoms with Gasteiger partial charge in [-0.1, -0.05) is 6.07 Å². The molecular weight excluding hydrogens is 619 g/mol. The molecule has 1 aliphatic rings. The number of benzene rings is 2. The molecule has 0 amide bonds. The predicted octanol–water partition coefficient (Wildman–Crippen LogP) is -7.03. The zero-order valence-corrected chi connectivity index (χ0v) is 28.0. The fourth-order valence-electron chi connectivity index (χ4n) is 3.43. The Morgan fingerprint density at radius 3 is 1.82 bits per heavy atom. The molecule has 12 nitrogen and oxygen atoms in total. The minimum Gasteiger partial charge on any atom is -0.744 e. The second kappa shape index (κ2) is 13.3. The molecule has 0 aromatic heterocycles. The van der Waals surface area contributed by atoms with Crippen molar-refractivity contribution in [3.8, 4) is 0 Å². The van der Waals surface area contributed by atoms with Crippen molar-refractivity contribution in [2.45, 2.75) is 16.7 Å². The summed E-state index contributed by atoms with van der Waals surface area (Å²) in [5, 5.41) is 5.62. The van der Waals surface area contributed by atoms with Gasteiger partial charge < -0.3 is 25.1 Å². The Kier molecular flexibility index (Phi) is 13.0. The molecule has 6 N–H and O–H groups in total. The van der Waals surface area contributed by atoms with Gasteiger partial charge in [0.1, 0.15) is 35.3 Å². The van der Waals surface area contributed by atoms with Crippen molar-refractivity contribution in [3.63, 3.8) is 0 Å². The first-order chi connectivity index (χ1) is 15.9. The molecule has 38 heavy (non-hydrogen) atoms. The summed E-state index contributed by atoms with van der Waals surface area (Å²) in [6.45, 7) is 1.40. The van der Waals surface area contributed by atoms with Gasteiger partial charge in [0.15, 0.2) is 0 Å². The molecule has 3 rings (SSSR count). The van der Waals surface area contributed by atoms with Crippen LogP contribution in [0, 0.1) is 6.92 Å². The predicted molar refractivity (Wildman–Crippen MR) is 122 cm³/mol. The van der Waals surface area contributed by atoms with E-state index < -0.39 is 45.1 Å². The van der Waals surface area contributed by atoms with Crippen LogP contribution < -0.4 is 76.0 Å². The average Bonchev–Trinajstić information content (AvgIpc) is 2.70. The van der Waals surface area contributed by atoms with Gasteiger partial charge in [-0.15, -0.1) is 0 Å². The monoisotopic (exact) mass is 636 g/mol. The van der Waals surface area contributed by atoms with Crippen LogP contribution in [-0.4, -0.2) is 44.6 Å². The molecule has 0 unspecified atom stereocenters. The SMILES string of the molecule is Cc1cc(/C(=C2/C=CC(=[NH2+])C(S(=O)(=O)[O-])=C2)c2ccc(N)c(S(=O)(=O)[O-])c2)cc(S(=O)(=O)[O-])c1N.[Na+].[Na+].[V]. The summed E-state index contributed by atoms with van der Waals surface area (Å²) in [7, 11) is -15.2. The Labute approximate surface area is 275 Å². The molecule has 0 saturated carbocycles. The quantitative estimate of drug-likeness (QED) is 0.158. The molecule has 2 aromatic rings. The zero-order valence-electron chi connectivity index (χ0n) is 20.2. The first-order valence-electron chi connectivity index (χ1n) is 9.36. The van der Waals surface area contributed by atoms with Crippen LogP contribution in [0.15, 0.2) is 68.8 Å². The van der Waals surface area contributed by atoms with Crippen molar-refractivity contribution < 1.29 is 122 Å². The molecule has 0 heterocycles. The van der Waals surface area contributed by atoms with Crippen LogP contribution in [0.5, 0.6) is 0 Å². The summed E-state index contributed by atoms with van der Waals surface area (Å²) >= 11 is 0. The summed E-state index contributed by atoms with van der Waals surface area (Å²) in [6, 6.07) is 5.52. The van der Waals surface area contributed by atoms with Gasteiger partial charge in [-0.05, 0) is 71.2 Å². The van der Waals surface area contributed by atoms with Crippen molar-refractivity contribution in [2.24, 2.45) is 0 Å². The van der Waals surface area contributed by atoms with Gasteiger partial charge in [0.2, 0.25) is 5.71 Å². The molecule has 0 saturated heterocycles. The van der Waals surface area contributed by atoms with E-state index in [1.54, 1.807) is 0 Å². The molecule has 0 spiro atoms. The second-order valence-electron chi connectivity index (χ2n) is 7.45. The molecule has 0 bridgehead atoms. The van der Waals surface area contributed by atoms with Crippen molar-refractivity contribution in [1.29, 1.82) is 0 Å². The Bertz CT molecular complexity index is 1720. The standard InChI is InChI=1S/C20H19N3O9S3.2Na.V/c1-10-6-13(9-18(20(10)23)35(30,31)32)19(11-2-4-14(21)16(7-11)33(24,25)26)12-3-5-15(22)17(8-12)34(27,28)29;;;/h2-9,21H,22-23H2,1H3,(H,24,25,26)(H,27,28,29)(H,30,31,32);;;/q;2*+1;/p-2/b19-11-,21-14?;;;. The van der Waals surface area contributed by atoms with Crippen molar-refractivity contribution in [1.82, 2.24) is 0 Å². The molecule has 0 fully saturated rings. The Morgan fingerprint density at radius 2 is 1.32 bits per heavy atom. The maximum absolute atomic E-state index is 11.8. The van der Waals surface area contributed by atoms with E-state index in [0.29, 0.717) is 0 Å². The van der Waals surface area contributed by atoms with Gasteiger partial charge >= 0.3 is 59.1 Å². The van der Waals surface area contributed by atoms with Crippen LogP contribution in [0.4, 0.5) is 11.4 Å². The number of rotatable bonds is 5. The summed E-state index contributed by atoms with van der Waals surface area (Å²) in [4.78, 5) is -2.39. The number of anilines is 2. The maximum atomic E-state index is 11.8. The third-order valence-electron chi connectivity index (χ3n) is 5.05. The molecule has 18 heteroatoms. The summed E-state index contributed by atoms with van der Waals surface area (Å²) in [6.07, 6.45) is 3.27. The number of nitrogen functional groups attached to an aromatic ring is 2. The maximum Gasteiger partial charge on any atom is 1.00 e. The molecule has 1 radical (unpaired) electrons. The number of aryl methyl sites for hydroxylation is 1. The number of nitrogens with two attached hydrogens (primary N) is 3. The molecule has 0 aliphatic heterocycles. The molecular formula is C20H17N3Na2O9S3V. The Balaban J connectivity index is 0.00000456. The topological polar surface area (TPSA) is 249 Å². The minimum atomic E-state index is -5.07. The summed E-state index contributed by atoms with van der Waals surface area (Å²) in [5.74, 6) is 0. The number of hydrogen-bond acceptors (Lipinski definition) is 11. The van der Waals surface area contributed by atoms with Crippen LogP contribution in [0.25, 0.3) is 5.57 Å². The summed E-state index contributed by atoms with van der Waals surface area (Å²) < 4.78 is 106. The smallest absolute Gasteiger partial charge is 0.744 e. The van der Waals surface area contributed by atoms with Crippen LogP contribution in [0.1, 0.15) is 16.7 Å². The van der Waals surface area contributed by atoms with E-state index in [-0.39, 0.29) is 123 Å². The van der Waals surface area contributed by atoms with Crippen LogP contribution >= 0.6 is 0 Å². The molecule has 1 aliphatic carbocycles. The Morgan fingerprint density at radius 1 is 0.789 bits per heavy atom. The van der Waals surface area contributed by atoms with E-state index in [0.717, 1.165) is 30.4 Å². The van der Waals surface area contributed by atoms with Crippen LogP contribution in [0.3, 0.4) is 0 Å².